The first kappa shape index (κ1) is 16.9. The Morgan fingerprint density at radius 3 is 2.38 bits per heavy atom. The normalized spacial score (nSPS) is 15.8. The molecular formula is C19H20BrN3O. The lowest BCUT2D eigenvalue weighted by Crippen LogP contribution is -2.47. The number of rotatable bonds is 4. The van der Waals surface area contributed by atoms with Gasteiger partial charge in [0, 0.05) is 55.7 Å². The number of benzene rings is 1. The van der Waals surface area contributed by atoms with Crippen LogP contribution in [0, 0.1) is 0 Å². The molecule has 1 amide bonds. The molecule has 124 valence electrons. The van der Waals surface area contributed by atoms with Gasteiger partial charge in [0.05, 0.1) is 0 Å². The molecule has 0 aliphatic carbocycles. The number of pyridine rings is 1. The Kier molecular flexibility index (Phi) is 5.77. The Hall–Kier alpha value is -1.98. The molecule has 1 aromatic heterocycles. The van der Waals surface area contributed by atoms with Crippen molar-refractivity contribution in [2.75, 3.05) is 26.2 Å². The highest BCUT2D eigenvalue weighted by molar-refractivity contribution is 9.10. The smallest absolute Gasteiger partial charge is 0.246 e. The molecule has 0 bridgehead atoms. The van der Waals surface area contributed by atoms with Crippen molar-refractivity contribution in [1.82, 2.24) is 14.8 Å². The van der Waals surface area contributed by atoms with Gasteiger partial charge in [0.1, 0.15) is 0 Å². The fraction of sp³-hybridized carbons (Fsp3) is 0.263. The Balaban J connectivity index is 1.49. The van der Waals surface area contributed by atoms with Crippen LogP contribution in [0.15, 0.2) is 59.3 Å². The summed E-state index contributed by atoms with van der Waals surface area (Å²) in [5, 5.41) is 0. The monoisotopic (exact) mass is 385 g/mol. The quantitative estimate of drug-likeness (QED) is 0.758. The van der Waals surface area contributed by atoms with Crippen LogP contribution >= 0.6 is 15.9 Å². The molecule has 1 aliphatic rings. The predicted molar refractivity (Wildman–Crippen MR) is 99.3 cm³/mol. The highest BCUT2D eigenvalue weighted by Crippen LogP contribution is 2.12. The minimum Gasteiger partial charge on any atom is -0.337 e. The van der Waals surface area contributed by atoms with Crippen LogP contribution in [0.3, 0.4) is 0 Å². The van der Waals surface area contributed by atoms with Crippen LogP contribution in [0.25, 0.3) is 6.08 Å². The number of amides is 1. The topological polar surface area (TPSA) is 36.4 Å². The van der Waals surface area contributed by atoms with E-state index in [0.29, 0.717) is 0 Å². The molecule has 0 atom stereocenters. The van der Waals surface area contributed by atoms with Gasteiger partial charge in [-0.05, 0) is 41.5 Å². The van der Waals surface area contributed by atoms with E-state index in [-0.39, 0.29) is 5.91 Å². The van der Waals surface area contributed by atoms with Crippen LogP contribution in [-0.2, 0) is 11.3 Å². The van der Waals surface area contributed by atoms with E-state index in [4.69, 9.17) is 0 Å². The van der Waals surface area contributed by atoms with E-state index in [1.54, 1.807) is 6.08 Å². The van der Waals surface area contributed by atoms with Crippen LogP contribution in [0.5, 0.6) is 0 Å². The third kappa shape index (κ3) is 4.76. The first-order valence-corrected chi connectivity index (χ1v) is 8.84. The molecule has 2 aromatic rings. The number of aromatic nitrogens is 1. The number of hydrogen-bond acceptors (Lipinski definition) is 3. The number of halogens is 1. The van der Waals surface area contributed by atoms with E-state index in [9.17, 15) is 4.79 Å². The van der Waals surface area contributed by atoms with Gasteiger partial charge in [0.25, 0.3) is 0 Å². The van der Waals surface area contributed by atoms with Crippen molar-refractivity contribution in [2.45, 2.75) is 6.54 Å². The molecule has 1 aliphatic heterocycles. The predicted octanol–water partition coefficient (Wildman–Crippen LogP) is 3.20. The Bertz CT molecular complexity index is 692. The zero-order valence-electron chi connectivity index (χ0n) is 13.4. The van der Waals surface area contributed by atoms with Gasteiger partial charge >= 0.3 is 0 Å². The summed E-state index contributed by atoms with van der Waals surface area (Å²) < 4.78 is 1.04. The molecule has 1 aromatic carbocycles. The number of piperazine rings is 1. The van der Waals surface area contributed by atoms with E-state index >= 15 is 0 Å². The average Bonchev–Trinajstić information content (AvgIpc) is 2.62. The zero-order chi connectivity index (χ0) is 16.8. The maximum Gasteiger partial charge on any atom is 0.246 e. The molecule has 4 nitrogen and oxygen atoms in total. The van der Waals surface area contributed by atoms with Crippen LogP contribution in [0.4, 0.5) is 0 Å². The molecule has 5 heteroatoms. The Morgan fingerprint density at radius 2 is 1.71 bits per heavy atom. The second kappa shape index (κ2) is 8.22. The molecule has 2 heterocycles. The lowest BCUT2D eigenvalue weighted by atomic mass is 10.2. The van der Waals surface area contributed by atoms with Crippen molar-refractivity contribution >= 4 is 27.9 Å². The molecule has 0 saturated carbocycles. The molecule has 0 radical (unpaired) electrons. The van der Waals surface area contributed by atoms with Gasteiger partial charge < -0.3 is 4.90 Å². The van der Waals surface area contributed by atoms with Crippen molar-refractivity contribution in [3.8, 4) is 0 Å². The molecule has 1 saturated heterocycles. The number of hydrogen-bond donors (Lipinski definition) is 0. The summed E-state index contributed by atoms with van der Waals surface area (Å²) in [4.78, 5) is 20.6. The molecule has 3 rings (SSSR count). The zero-order valence-corrected chi connectivity index (χ0v) is 15.0. The molecule has 24 heavy (non-hydrogen) atoms. The summed E-state index contributed by atoms with van der Waals surface area (Å²) in [5.41, 5.74) is 2.29. The highest BCUT2D eigenvalue weighted by atomic mass is 79.9. The minimum atomic E-state index is 0.0847. The van der Waals surface area contributed by atoms with Crippen LogP contribution in [-0.4, -0.2) is 46.9 Å². The fourth-order valence-corrected chi connectivity index (χ4v) is 2.98. The van der Waals surface area contributed by atoms with E-state index in [1.807, 2.05) is 59.8 Å². The maximum absolute atomic E-state index is 12.3. The minimum absolute atomic E-state index is 0.0847. The summed E-state index contributed by atoms with van der Waals surface area (Å²) in [7, 11) is 0. The fourth-order valence-electron chi connectivity index (χ4n) is 2.72. The van der Waals surface area contributed by atoms with Crippen molar-refractivity contribution in [3.63, 3.8) is 0 Å². The van der Waals surface area contributed by atoms with Crippen molar-refractivity contribution < 1.29 is 4.79 Å². The second-order valence-corrected chi connectivity index (χ2v) is 6.76. The van der Waals surface area contributed by atoms with Gasteiger partial charge in [-0.15, -0.1) is 0 Å². The molecule has 0 unspecified atom stereocenters. The molecule has 0 N–H and O–H groups in total. The summed E-state index contributed by atoms with van der Waals surface area (Å²) >= 11 is 3.41. The van der Waals surface area contributed by atoms with Gasteiger partial charge in [0.2, 0.25) is 5.91 Å². The highest BCUT2D eigenvalue weighted by Gasteiger charge is 2.19. The third-order valence-corrected chi connectivity index (χ3v) is 4.66. The van der Waals surface area contributed by atoms with Crippen molar-refractivity contribution in [3.05, 3.63) is 70.5 Å². The maximum atomic E-state index is 12.3. The first-order valence-electron chi connectivity index (χ1n) is 8.04. The number of nitrogens with zero attached hydrogens (tertiary/aromatic N) is 3. The third-order valence-electron chi connectivity index (χ3n) is 4.13. The molecule has 0 spiro atoms. The standard InChI is InChI=1S/C19H20BrN3O/c20-18-4-1-16(2-5-18)3-6-19(24)23-13-11-22(12-14-23)15-17-7-9-21-10-8-17/h1-10H,11-15H2/b6-3+. The lowest BCUT2D eigenvalue weighted by Gasteiger charge is -2.34. The van der Waals surface area contributed by atoms with E-state index < -0.39 is 0 Å². The van der Waals surface area contributed by atoms with Gasteiger partial charge in [-0.1, -0.05) is 28.1 Å². The van der Waals surface area contributed by atoms with Crippen molar-refractivity contribution in [1.29, 1.82) is 0 Å². The Morgan fingerprint density at radius 1 is 1.04 bits per heavy atom. The summed E-state index contributed by atoms with van der Waals surface area (Å²) in [6.07, 6.45) is 7.18. The van der Waals surface area contributed by atoms with Gasteiger partial charge in [0.15, 0.2) is 0 Å². The van der Waals surface area contributed by atoms with E-state index in [0.717, 1.165) is 42.8 Å². The summed E-state index contributed by atoms with van der Waals surface area (Å²) in [5.74, 6) is 0.0847. The summed E-state index contributed by atoms with van der Waals surface area (Å²) in [6.45, 7) is 4.27. The molecule has 1 fully saturated rings. The summed E-state index contributed by atoms with van der Waals surface area (Å²) in [6, 6.07) is 12.0. The van der Waals surface area contributed by atoms with Crippen LogP contribution in [0.1, 0.15) is 11.1 Å². The first-order chi connectivity index (χ1) is 11.7. The van der Waals surface area contributed by atoms with E-state index in [1.165, 1.54) is 5.56 Å². The number of carbonyl (C=O) groups excluding carboxylic acids is 1. The lowest BCUT2D eigenvalue weighted by molar-refractivity contribution is -0.127. The molecular weight excluding hydrogens is 366 g/mol. The van der Waals surface area contributed by atoms with Crippen LogP contribution < -0.4 is 0 Å². The van der Waals surface area contributed by atoms with Crippen molar-refractivity contribution in [2.24, 2.45) is 0 Å². The van der Waals surface area contributed by atoms with Gasteiger partial charge in [-0.2, -0.15) is 0 Å². The largest absolute Gasteiger partial charge is 0.337 e. The second-order valence-electron chi connectivity index (χ2n) is 5.84. The average molecular weight is 386 g/mol. The number of carbonyl (C=O) groups is 1. The van der Waals surface area contributed by atoms with Gasteiger partial charge in [-0.3, -0.25) is 14.7 Å². The van der Waals surface area contributed by atoms with Gasteiger partial charge in [-0.25, -0.2) is 0 Å². The Labute approximate surface area is 150 Å². The SMILES string of the molecule is O=C(/C=C/c1ccc(Br)cc1)N1CCN(Cc2ccncc2)CC1. The van der Waals surface area contributed by atoms with E-state index in [2.05, 4.69) is 25.8 Å². The van der Waals surface area contributed by atoms with Crippen LogP contribution in [0.2, 0.25) is 0 Å².